The van der Waals surface area contributed by atoms with Crippen LogP contribution >= 0.6 is 12.2 Å². The molecule has 2 aromatic carbocycles. The second-order valence-electron chi connectivity index (χ2n) is 5.41. The summed E-state index contributed by atoms with van der Waals surface area (Å²) in [6.07, 6.45) is 2.82. The summed E-state index contributed by atoms with van der Waals surface area (Å²) in [5, 5.41) is 5.30. The Morgan fingerprint density at radius 2 is 1.64 bits per heavy atom. The summed E-state index contributed by atoms with van der Waals surface area (Å²) >= 11 is 5.06. The summed E-state index contributed by atoms with van der Waals surface area (Å²) in [5.74, 6) is -1.33. The highest BCUT2D eigenvalue weighted by atomic mass is 32.2. The molecule has 28 heavy (non-hydrogen) atoms. The van der Waals surface area contributed by atoms with Gasteiger partial charge in [-0.1, -0.05) is 0 Å². The zero-order chi connectivity index (χ0) is 20.1. The molecule has 0 radical (unpaired) electrons. The third-order valence-electron chi connectivity index (χ3n) is 3.39. The molecule has 0 fully saturated rings. The van der Waals surface area contributed by atoms with E-state index >= 15 is 0 Å². The maximum absolute atomic E-state index is 13.6. The lowest BCUT2D eigenvalue weighted by molar-refractivity contribution is 0.601. The first-order valence-electron chi connectivity index (χ1n) is 7.76. The first-order valence-corrected chi connectivity index (χ1v) is 9.65. The van der Waals surface area contributed by atoms with E-state index in [0.717, 1.165) is 18.2 Å². The van der Waals surface area contributed by atoms with Crippen LogP contribution in [0.15, 0.2) is 65.8 Å². The Kier molecular flexibility index (Phi) is 5.76. The van der Waals surface area contributed by atoms with Crippen LogP contribution in [0.4, 0.5) is 26.1 Å². The molecule has 0 aliphatic carbocycles. The molecule has 144 valence electrons. The Hall–Kier alpha value is -3.18. The van der Waals surface area contributed by atoms with Crippen LogP contribution in [-0.4, -0.2) is 23.5 Å². The Morgan fingerprint density at radius 1 is 0.964 bits per heavy atom. The van der Waals surface area contributed by atoms with Crippen LogP contribution in [0, 0.1) is 11.6 Å². The third kappa shape index (κ3) is 4.96. The minimum absolute atomic E-state index is 0.0101. The fraction of sp³-hybridized carbons (Fsp3) is 0. The molecule has 11 heteroatoms. The number of anilines is 3. The number of sulfonamides is 1. The van der Waals surface area contributed by atoms with Crippen molar-refractivity contribution >= 4 is 44.7 Å². The van der Waals surface area contributed by atoms with Gasteiger partial charge in [0, 0.05) is 24.1 Å². The molecule has 0 amide bonds. The molecule has 0 saturated carbocycles. The van der Waals surface area contributed by atoms with Crippen molar-refractivity contribution in [2.45, 2.75) is 4.90 Å². The van der Waals surface area contributed by atoms with Gasteiger partial charge in [-0.25, -0.2) is 31.9 Å². The quantitative estimate of drug-likeness (QED) is 0.544. The lowest BCUT2D eigenvalue weighted by atomic mass is 10.3. The largest absolute Gasteiger partial charge is 0.332 e. The fourth-order valence-corrected chi connectivity index (χ4v) is 3.31. The smallest absolute Gasteiger partial charge is 0.264 e. The lowest BCUT2D eigenvalue weighted by Crippen LogP contribution is -2.20. The molecule has 0 aliphatic rings. The van der Waals surface area contributed by atoms with Gasteiger partial charge in [-0.15, -0.1) is 0 Å². The summed E-state index contributed by atoms with van der Waals surface area (Å²) in [6.45, 7) is 0. The van der Waals surface area contributed by atoms with Gasteiger partial charge in [-0.2, -0.15) is 0 Å². The molecule has 0 unspecified atom stereocenters. The van der Waals surface area contributed by atoms with Gasteiger partial charge in [-0.05, 0) is 54.7 Å². The Morgan fingerprint density at radius 3 is 2.32 bits per heavy atom. The number of rotatable bonds is 5. The topological polar surface area (TPSA) is 96.0 Å². The summed E-state index contributed by atoms with van der Waals surface area (Å²) in [7, 11) is -3.86. The highest BCUT2D eigenvalue weighted by Gasteiger charge is 2.15. The van der Waals surface area contributed by atoms with Gasteiger partial charge >= 0.3 is 0 Å². The third-order valence-corrected chi connectivity index (χ3v) is 4.94. The molecular formula is C17H13F2N5O2S2. The van der Waals surface area contributed by atoms with Crippen molar-refractivity contribution in [1.29, 1.82) is 0 Å². The van der Waals surface area contributed by atoms with Crippen molar-refractivity contribution in [3.8, 4) is 0 Å². The van der Waals surface area contributed by atoms with Gasteiger partial charge in [-0.3, -0.25) is 0 Å². The molecule has 1 heterocycles. The zero-order valence-electron chi connectivity index (χ0n) is 14.1. The number of halogens is 2. The molecule has 0 atom stereocenters. The normalized spacial score (nSPS) is 10.9. The number of hydrogen-bond acceptors (Lipinski definition) is 5. The van der Waals surface area contributed by atoms with Gasteiger partial charge in [0.2, 0.25) is 5.95 Å². The van der Waals surface area contributed by atoms with E-state index in [1.165, 1.54) is 36.7 Å². The van der Waals surface area contributed by atoms with Gasteiger partial charge in [0.25, 0.3) is 10.0 Å². The molecule has 0 bridgehead atoms. The number of nitrogens with one attached hydrogen (secondary N) is 3. The van der Waals surface area contributed by atoms with Crippen LogP contribution in [0.3, 0.4) is 0 Å². The van der Waals surface area contributed by atoms with Crippen LogP contribution < -0.4 is 15.4 Å². The monoisotopic (exact) mass is 421 g/mol. The van der Waals surface area contributed by atoms with E-state index in [2.05, 4.69) is 25.3 Å². The number of aromatic nitrogens is 2. The molecule has 1 aromatic heterocycles. The van der Waals surface area contributed by atoms with E-state index in [1.807, 2.05) is 0 Å². The van der Waals surface area contributed by atoms with Crippen molar-refractivity contribution < 1.29 is 17.2 Å². The highest BCUT2D eigenvalue weighted by molar-refractivity contribution is 7.92. The average Bonchev–Trinajstić information content (AvgIpc) is 2.65. The molecule has 0 saturated heterocycles. The van der Waals surface area contributed by atoms with E-state index in [1.54, 1.807) is 6.07 Å². The number of hydrogen-bond donors (Lipinski definition) is 3. The highest BCUT2D eigenvalue weighted by Crippen LogP contribution is 2.18. The Bertz CT molecular complexity index is 1090. The lowest BCUT2D eigenvalue weighted by Gasteiger charge is -2.12. The van der Waals surface area contributed by atoms with E-state index < -0.39 is 21.7 Å². The van der Waals surface area contributed by atoms with Gasteiger partial charge in [0.05, 0.1) is 10.6 Å². The second-order valence-corrected chi connectivity index (χ2v) is 7.50. The maximum atomic E-state index is 13.6. The minimum Gasteiger partial charge on any atom is -0.332 e. The van der Waals surface area contributed by atoms with Gasteiger partial charge in [0.15, 0.2) is 5.11 Å². The SMILES string of the molecule is O=S(=O)(Nc1ncccn1)c1ccc(NC(=S)Nc2cc(F)ccc2F)cc1. The van der Waals surface area contributed by atoms with Crippen molar-refractivity contribution in [2.75, 3.05) is 15.4 Å². The van der Waals surface area contributed by atoms with Crippen LogP contribution in [-0.2, 0) is 10.0 Å². The van der Waals surface area contributed by atoms with Crippen LogP contribution in [0.5, 0.6) is 0 Å². The number of nitrogens with zero attached hydrogens (tertiary/aromatic N) is 2. The average molecular weight is 421 g/mol. The number of benzene rings is 2. The van der Waals surface area contributed by atoms with E-state index in [9.17, 15) is 17.2 Å². The molecular weight excluding hydrogens is 408 g/mol. The van der Waals surface area contributed by atoms with Crippen molar-refractivity contribution in [3.63, 3.8) is 0 Å². The fourth-order valence-electron chi connectivity index (χ4n) is 2.13. The molecule has 3 N–H and O–H groups in total. The number of thiocarbonyl (C=S) groups is 1. The minimum atomic E-state index is -3.86. The van der Waals surface area contributed by atoms with Crippen molar-refractivity contribution in [2.24, 2.45) is 0 Å². The first-order chi connectivity index (χ1) is 13.3. The molecule has 0 aliphatic heterocycles. The van der Waals surface area contributed by atoms with E-state index in [0.29, 0.717) is 5.69 Å². The zero-order valence-corrected chi connectivity index (χ0v) is 15.7. The summed E-state index contributed by atoms with van der Waals surface area (Å²) < 4.78 is 53.7. The molecule has 7 nitrogen and oxygen atoms in total. The van der Waals surface area contributed by atoms with E-state index in [-0.39, 0.29) is 21.6 Å². The van der Waals surface area contributed by atoms with Gasteiger partial charge < -0.3 is 10.6 Å². The molecule has 3 rings (SSSR count). The standard InChI is InChI=1S/C17H13F2N5O2S2/c18-11-2-7-14(19)15(10-11)23-17(27)22-12-3-5-13(6-4-12)28(25,26)24-16-20-8-1-9-21-16/h1-10H,(H,20,21,24)(H2,22,23,27). The van der Waals surface area contributed by atoms with Crippen LogP contribution in [0.25, 0.3) is 0 Å². The van der Waals surface area contributed by atoms with Gasteiger partial charge in [0.1, 0.15) is 11.6 Å². The Balaban J connectivity index is 1.67. The predicted molar refractivity (Wildman–Crippen MR) is 105 cm³/mol. The molecule has 3 aromatic rings. The van der Waals surface area contributed by atoms with Crippen molar-refractivity contribution in [3.05, 3.63) is 72.6 Å². The summed E-state index contributed by atoms with van der Waals surface area (Å²) in [4.78, 5) is 7.59. The van der Waals surface area contributed by atoms with Crippen LogP contribution in [0.2, 0.25) is 0 Å². The predicted octanol–water partition coefficient (Wildman–Crippen LogP) is 3.36. The summed E-state index contributed by atoms with van der Waals surface area (Å²) in [5.41, 5.74) is 0.327. The first kappa shape index (κ1) is 19.6. The van der Waals surface area contributed by atoms with Crippen LogP contribution in [0.1, 0.15) is 0 Å². The van der Waals surface area contributed by atoms with E-state index in [4.69, 9.17) is 12.2 Å². The van der Waals surface area contributed by atoms with Crippen molar-refractivity contribution in [1.82, 2.24) is 9.97 Å². The molecule has 0 spiro atoms. The summed E-state index contributed by atoms with van der Waals surface area (Å²) in [6, 6.07) is 10.1. The Labute approximate surface area is 164 Å². The second kappa shape index (κ2) is 8.23. The maximum Gasteiger partial charge on any atom is 0.264 e.